The summed E-state index contributed by atoms with van der Waals surface area (Å²) < 4.78 is 10.6. The van der Waals surface area contributed by atoms with E-state index in [0.717, 1.165) is 32.9 Å². The van der Waals surface area contributed by atoms with Gasteiger partial charge in [-0.25, -0.2) is 0 Å². The van der Waals surface area contributed by atoms with E-state index in [2.05, 4.69) is 5.32 Å². The van der Waals surface area contributed by atoms with Gasteiger partial charge in [-0.05, 0) is 0 Å². The van der Waals surface area contributed by atoms with E-state index in [0.29, 0.717) is 0 Å². The summed E-state index contributed by atoms with van der Waals surface area (Å²) in [7, 11) is 0. The van der Waals surface area contributed by atoms with Crippen LogP contribution in [0.5, 0.6) is 0 Å². The lowest BCUT2D eigenvalue weighted by Gasteiger charge is -2.43. The molecule has 4 heteroatoms. The number of nitrogens with one attached hydrogen (secondary N) is 1. The highest BCUT2D eigenvalue weighted by molar-refractivity contribution is 5.10. The molecule has 1 spiro atoms. The summed E-state index contributed by atoms with van der Waals surface area (Å²) in [4.78, 5) is 8.00. The van der Waals surface area contributed by atoms with Crippen LogP contribution >= 0.6 is 0 Å². The maximum Gasteiger partial charge on any atom is 0.127 e. The second-order valence-electron chi connectivity index (χ2n) is 2.70. The van der Waals surface area contributed by atoms with Crippen molar-refractivity contribution in [2.75, 3.05) is 32.9 Å². The maximum atomic E-state index is 8.00. The topological polar surface area (TPSA) is 47.6 Å². The highest BCUT2D eigenvalue weighted by Crippen LogP contribution is 2.22. The SMILES string of the molecule is C1COC2(CN1)COC2.C=O. The Labute approximate surface area is 65.9 Å². The molecule has 0 amide bonds. The van der Waals surface area contributed by atoms with Crippen LogP contribution in [0.3, 0.4) is 0 Å². The lowest BCUT2D eigenvalue weighted by atomic mass is 10.0. The lowest BCUT2D eigenvalue weighted by Crippen LogP contribution is -2.61. The molecule has 0 saturated carbocycles. The van der Waals surface area contributed by atoms with Gasteiger partial charge in [0.15, 0.2) is 0 Å². The molecule has 2 aliphatic rings. The third-order valence-electron chi connectivity index (χ3n) is 1.86. The first-order chi connectivity index (χ1) is 5.41. The highest BCUT2D eigenvalue weighted by Gasteiger charge is 2.40. The first-order valence-electron chi connectivity index (χ1n) is 3.63. The van der Waals surface area contributed by atoms with Crippen molar-refractivity contribution in [3.63, 3.8) is 0 Å². The van der Waals surface area contributed by atoms with Crippen LogP contribution in [0.4, 0.5) is 0 Å². The van der Waals surface area contributed by atoms with E-state index in [9.17, 15) is 0 Å². The van der Waals surface area contributed by atoms with Gasteiger partial charge in [0.1, 0.15) is 12.4 Å². The van der Waals surface area contributed by atoms with Gasteiger partial charge in [0.2, 0.25) is 0 Å². The zero-order valence-corrected chi connectivity index (χ0v) is 6.47. The van der Waals surface area contributed by atoms with Crippen LogP contribution in [0, 0.1) is 0 Å². The van der Waals surface area contributed by atoms with Crippen LogP contribution in [0.25, 0.3) is 0 Å². The summed E-state index contributed by atoms with van der Waals surface area (Å²) >= 11 is 0. The predicted molar refractivity (Wildman–Crippen MR) is 39.5 cm³/mol. The zero-order valence-electron chi connectivity index (χ0n) is 6.47. The first kappa shape index (κ1) is 8.64. The summed E-state index contributed by atoms with van der Waals surface area (Å²) in [6.45, 7) is 6.35. The van der Waals surface area contributed by atoms with Crippen molar-refractivity contribution in [3.8, 4) is 0 Å². The van der Waals surface area contributed by atoms with Crippen molar-refractivity contribution in [3.05, 3.63) is 0 Å². The van der Waals surface area contributed by atoms with Crippen LogP contribution in [0.1, 0.15) is 0 Å². The third kappa shape index (κ3) is 1.77. The van der Waals surface area contributed by atoms with Crippen molar-refractivity contribution in [1.82, 2.24) is 5.32 Å². The van der Waals surface area contributed by atoms with Crippen LogP contribution in [-0.4, -0.2) is 45.3 Å². The Hall–Kier alpha value is -0.450. The molecule has 2 saturated heterocycles. The molecule has 2 heterocycles. The van der Waals surface area contributed by atoms with Crippen molar-refractivity contribution in [2.24, 2.45) is 0 Å². The monoisotopic (exact) mass is 159 g/mol. The summed E-state index contributed by atoms with van der Waals surface area (Å²) in [6, 6.07) is 0. The first-order valence-corrected chi connectivity index (χ1v) is 3.63. The standard InChI is InChI=1S/C6H11NO2.CH2O/c1-2-9-6(3-7-1)4-8-5-6;1-2/h7H,1-5H2;1H2. The summed E-state index contributed by atoms with van der Waals surface area (Å²) in [5.74, 6) is 0. The Kier molecular flexibility index (Phi) is 2.99. The molecule has 0 bridgehead atoms. The molecule has 2 rings (SSSR count). The van der Waals surface area contributed by atoms with E-state index in [1.807, 2.05) is 6.79 Å². The van der Waals surface area contributed by atoms with Gasteiger partial charge in [0, 0.05) is 13.1 Å². The minimum absolute atomic E-state index is 0.0677. The Morgan fingerprint density at radius 1 is 1.36 bits per heavy atom. The van der Waals surface area contributed by atoms with Crippen molar-refractivity contribution in [2.45, 2.75) is 5.60 Å². The Bertz CT molecular complexity index is 117. The van der Waals surface area contributed by atoms with Crippen molar-refractivity contribution in [1.29, 1.82) is 0 Å². The molecule has 64 valence electrons. The number of carbonyl (C=O) groups excluding carboxylic acids is 1. The summed E-state index contributed by atoms with van der Waals surface area (Å²) in [5.41, 5.74) is 0.0677. The van der Waals surface area contributed by atoms with E-state index in [-0.39, 0.29) is 5.60 Å². The van der Waals surface area contributed by atoms with Crippen LogP contribution < -0.4 is 5.32 Å². The molecule has 0 radical (unpaired) electrons. The predicted octanol–water partition coefficient (Wildman–Crippen LogP) is -0.810. The normalized spacial score (nSPS) is 26.5. The average molecular weight is 159 g/mol. The number of hydrogen-bond acceptors (Lipinski definition) is 4. The molecule has 0 aromatic heterocycles. The number of hydrogen-bond donors (Lipinski definition) is 1. The van der Waals surface area contributed by atoms with E-state index in [4.69, 9.17) is 14.3 Å². The molecular formula is C7H13NO3. The molecule has 1 N–H and O–H groups in total. The fourth-order valence-corrected chi connectivity index (χ4v) is 1.22. The fraction of sp³-hybridized carbons (Fsp3) is 0.857. The molecule has 11 heavy (non-hydrogen) atoms. The van der Waals surface area contributed by atoms with Gasteiger partial charge in [-0.1, -0.05) is 0 Å². The van der Waals surface area contributed by atoms with Gasteiger partial charge >= 0.3 is 0 Å². The van der Waals surface area contributed by atoms with Gasteiger partial charge in [-0.2, -0.15) is 0 Å². The summed E-state index contributed by atoms with van der Waals surface area (Å²) in [6.07, 6.45) is 0. The van der Waals surface area contributed by atoms with E-state index in [1.165, 1.54) is 0 Å². The van der Waals surface area contributed by atoms with Crippen LogP contribution in [-0.2, 0) is 14.3 Å². The quantitative estimate of drug-likeness (QED) is 0.502. The van der Waals surface area contributed by atoms with Crippen molar-refractivity contribution >= 4 is 6.79 Å². The van der Waals surface area contributed by atoms with Crippen molar-refractivity contribution < 1.29 is 14.3 Å². The molecule has 0 aromatic rings. The zero-order chi connectivity index (χ0) is 8.16. The molecule has 0 atom stereocenters. The van der Waals surface area contributed by atoms with Gasteiger partial charge in [-0.15, -0.1) is 0 Å². The van der Waals surface area contributed by atoms with Gasteiger partial charge in [0.25, 0.3) is 0 Å². The molecule has 4 nitrogen and oxygen atoms in total. The van der Waals surface area contributed by atoms with E-state index < -0.39 is 0 Å². The molecule has 0 aliphatic carbocycles. The van der Waals surface area contributed by atoms with E-state index in [1.54, 1.807) is 0 Å². The maximum absolute atomic E-state index is 8.00. The number of ether oxygens (including phenoxy) is 2. The smallest absolute Gasteiger partial charge is 0.127 e. The molecule has 2 aliphatic heterocycles. The lowest BCUT2D eigenvalue weighted by molar-refractivity contribution is -0.217. The fourth-order valence-electron chi connectivity index (χ4n) is 1.22. The second-order valence-corrected chi connectivity index (χ2v) is 2.70. The molecule has 0 aromatic carbocycles. The number of rotatable bonds is 0. The minimum atomic E-state index is 0.0677. The van der Waals surface area contributed by atoms with Crippen LogP contribution in [0.15, 0.2) is 0 Å². The highest BCUT2D eigenvalue weighted by atomic mass is 16.6. The molecule has 0 unspecified atom stereocenters. The Balaban J connectivity index is 0.000000281. The Morgan fingerprint density at radius 3 is 2.36 bits per heavy atom. The average Bonchev–Trinajstić information content (AvgIpc) is 2.07. The molecule has 2 fully saturated rings. The minimum Gasteiger partial charge on any atom is -0.375 e. The van der Waals surface area contributed by atoms with Crippen LogP contribution in [0.2, 0.25) is 0 Å². The Morgan fingerprint density at radius 2 is 2.09 bits per heavy atom. The van der Waals surface area contributed by atoms with Gasteiger partial charge in [-0.3, -0.25) is 0 Å². The van der Waals surface area contributed by atoms with E-state index >= 15 is 0 Å². The third-order valence-corrected chi connectivity index (χ3v) is 1.86. The second kappa shape index (κ2) is 3.80. The molecular weight excluding hydrogens is 146 g/mol. The van der Waals surface area contributed by atoms with Gasteiger partial charge < -0.3 is 19.6 Å². The number of carbonyl (C=O) groups is 1. The van der Waals surface area contributed by atoms with Gasteiger partial charge in [0.05, 0.1) is 19.8 Å². The number of morpholine rings is 1. The summed E-state index contributed by atoms with van der Waals surface area (Å²) in [5, 5.41) is 3.27. The largest absolute Gasteiger partial charge is 0.375 e.